The van der Waals surface area contributed by atoms with Crippen molar-refractivity contribution < 1.29 is 18.3 Å². The van der Waals surface area contributed by atoms with Crippen molar-refractivity contribution in [1.82, 2.24) is 4.98 Å². The van der Waals surface area contributed by atoms with Crippen LogP contribution in [0.5, 0.6) is 11.5 Å². The van der Waals surface area contributed by atoms with Gasteiger partial charge >= 0.3 is 0 Å². The normalized spacial score (nSPS) is 10.9. The molecule has 3 nitrogen and oxygen atoms in total. The summed E-state index contributed by atoms with van der Waals surface area (Å²) in [6.07, 6.45) is 1.68. The summed E-state index contributed by atoms with van der Waals surface area (Å²) in [5.41, 5.74) is 0.525. The fraction of sp³-hybridized carbons (Fsp3) is 0.0625. The summed E-state index contributed by atoms with van der Waals surface area (Å²) >= 11 is 3.31. The third kappa shape index (κ3) is 2.50. The van der Waals surface area contributed by atoms with E-state index in [1.165, 1.54) is 25.1 Å². The molecule has 0 amide bonds. The molecule has 0 unspecified atom stereocenters. The largest absolute Gasteiger partial charge is 0.453 e. The fourth-order valence-electron chi connectivity index (χ4n) is 2.16. The molecule has 0 aliphatic carbocycles. The van der Waals surface area contributed by atoms with Crippen LogP contribution in [-0.2, 0) is 0 Å². The Bertz CT molecular complexity index is 889. The summed E-state index contributed by atoms with van der Waals surface area (Å²) in [4.78, 5) is 14.3. The summed E-state index contributed by atoms with van der Waals surface area (Å²) in [7, 11) is 0. The lowest BCUT2D eigenvalue weighted by Crippen LogP contribution is -1.98. The zero-order chi connectivity index (χ0) is 15.9. The Kier molecular flexibility index (Phi) is 3.70. The van der Waals surface area contributed by atoms with E-state index >= 15 is 0 Å². The van der Waals surface area contributed by atoms with E-state index in [2.05, 4.69) is 20.9 Å². The van der Waals surface area contributed by atoms with Crippen LogP contribution in [-0.4, -0.2) is 10.8 Å². The van der Waals surface area contributed by atoms with Crippen molar-refractivity contribution in [2.75, 3.05) is 0 Å². The highest BCUT2D eigenvalue weighted by molar-refractivity contribution is 9.10. The minimum Gasteiger partial charge on any atom is -0.453 e. The topological polar surface area (TPSA) is 42.1 Å². The van der Waals surface area contributed by atoms with Gasteiger partial charge in [0.15, 0.2) is 17.3 Å². The summed E-state index contributed by atoms with van der Waals surface area (Å²) < 4.78 is 33.6. The smallest absolute Gasteiger partial charge is 0.177 e. The first kappa shape index (κ1) is 14.7. The maximum atomic E-state index is 14.2. The molecule has 0 spiro atoms. The number of carbonyl (C=O) groups is 1. The first-order chi connectivity index (χ1) is 10.5. The number of H-pyrrole nitrogens is 1. The molecular formula is C16H10BrF2NO2. The third-order valence-corrected chi connectivity index (χ3v) is 4.03. The molecule has 0 saturated carbocycles. The monoisotopic (exact) mass is 365 g/mol. The molecule has 0 aliphatic heterocycles. The molecule has 0 atom stereocenters. The Morgan fingerprint density at radius 1 is 1.18 bits per heavy atom. The minimum atomic E-state index is -0.638. The molecule has 3 rings (SSSR count). The molecule has 1 aromatic heterocycles. The van der Waals surface area contributed by atoms with Gasteiger partial charge in [-0.3, -0.25) is 4.79 Å². The maximum Gasteiger partial charge on any atom is 0.177 e. The molecule has 1 N–H and O–H groups in total. The molecular weight excluding hydrogens is 356 g/mol. The predicted octanol–water partition coefficient (Wildman–Crippen LogP) is 5.20. The van der Waals surface area contributed by atoms with Gasteiger partial charge in [0.05, 0.1) is 10.0 Å². The lowest BCUT2D eigenvalue weighted by atomic mass is 10.1. The third-order valence-electron chi connectivity index (χ3n) is 3.24. The number of Topliss-reactive ketones (excluding diaryl/α,β-unsaturated/α-hetero) is 1. The van der Waals surface area contributed by atoms with Gasteiger partial charge < -0.3 is 9.72 Å². The molecule has 6 heteroatoms. The number of ether oxygens (including phenoxy) is 1. The molecule has 0 fully saturated rings. The van der Waals surface area contributed by atoms with Gasteiger partial charge in [-0.25, -0.2) is 8.78 Å². The van der Waals surface area contributed by atoms with Crippen molar-refractivity contribution in [3.63, 3.8) is 0 Å². The van der Waals surface area contributed by atoms with Gasteiger partial charge in [-0.2, -0.15) is 0 Å². The molecule has 3 aromatic rings. The number of aromatic amines is 1. The number of hydrogen-bond donors (Lipinski definition) is 1. The van der Waals surface area contributed by atoms with Gasteiger partial charge in [0.2, 0.25) is 0 Å². The van der Waals surface area contributed by atoms with Crippen molar-refractivity contribution in [2.24, 2.45) is 0 Å². The Hall–Kier alpha value is -2.21. The Balaban J connectivity index is 2.06. The number of rotatable bonds is 3. The zero-order valence-electron chi connectivity index (χ0n) is 11.4. The molecule has 0 saturated heterocycles. The van der Waals surface area contributed by atoms with Crippen molar-refractivity contribution >= 4 is 32.6 Å². The van der Waals surface area contributed by atoms with E-state index < -0.39 is 17.4 Å². The number of aromatic nitrogens is 1. The first-order valence-corrected chi connectivity index (χ1v) is 7.20. The molecule has 2 aromatic carbocycles. The van der Waals surface area contributed by atoms with Gasteiger partial charge in [0.1, 0.15) is 11.6 Å². The van der Waals surface area contributed by atoms with E-state index in [0.29, 0.717) is 9.99 Å². The number of carbonyl (C=O) groups excluding carboxylic acids is 1. The molecule has 112 valence electrons. The van der Waals surface area contributed by atoms with Crippen LogP contribution in [0.2, 0.25) is 0 Å². The van der Waals surface area contributed by atoms with E-state index in [-0.39, 0.29) is 17.1 Å². The van der Waals surface area contributed by atoms with E-state index in [1.807, 2.05) is 0 Å². The van der Waals surface area contributed by atoms with E-state index in [0.717, 1.165) is 11.5 Å². The SMILES string of the molecule is CC(=O)c1cc(Oc2c(F)cc3[nH]ccc3c2Br)ccc1F. The minimum absolute atomic E-state index is 0.0202. The van der Waals surface area contributed by atoms with Crippen LogP contribution in [0.3, 0.4) is 0 Å². The molecule has 0 aliphatic rings. The average molecular weight is 366 g/mol. The van der Waals surface area contributed by atoms with Gasteiger partial charge in [-0.15, -0.1) is 0 Å². The molecule has 22 heavy (non-hydrogen) atoms. The van der Waals surface area contributed by atoms with E-state index in [4.69, 9.17) is 4.74 Å². The van der Waals surface area contributed by atoms with Crippen LogP contribution in [0.25, 0.3) is 10.9 Å². The van der Waals surface area contributed by atoms with Crippen LogP contribution >= 0.6 is 15.9 Å². The van der Waals surface area contributed by atoms with E-state index in [1.54, 1.807) is 12.3 Å². The van der Waals surface area contributed by atoms with Gasteiger partial charge in [-0.1, -0.05) is 0 Å². The van der Waals surface area contributed by atoms with Crippen LogP contribution in [0.4, 0.5) is 8.78 Å². The number of ketones is 1. The second-order valence-corrected chi connectivity index (χ2v) is 5.53. The highest BCUT2D eigenvalue weighted by atomic mass is 79.9. The van der Waals surface area contributed by atoms with Crippen LogP contribution in [0.1, 0.15) is 17.3 Å². The highest BCUT2D eigenvalue weighted by Crippen LogP contribution is 2.38. The fourth-order valence-corrected chi connectivity index (χ4v) is 2.78. The second-order valence-electron chi connectivity index (χ2n) is 4.74. The molecule has 1 heterocycles. The number of nitrogens with one attached hydrogen (secondary N) is 1. The van der Waals surface area contributed by atoms with Crippen molar-refractivity contribution in [3.8, 4) is 11.5 Å². The van der Waals surface area contributed by atoms with Crippen molar-refractivity contribution in [3.05, 3.63) is 58.2 Å². The summed E-state index contributed by atoms with van der Waals surface area (Å²) in [5, 5.41) is 0.755. The average Bonchev–Trinajstić information content (AvgIpc) is 2.93. The summed E-state index contributed by atoms with van der Waals surface area (Å²) in [6, 6.07) is 6.80. The number of benzene rings is 2. The van der Waals surface area contributed by atoms with Gasteiger partial charge in [0.25, 0.3) is 0 Å². The number of hydrogen-bond acceptors (Lipinski definition) is 2. The standard InChI is InChI=1S/C16H10BrF2NO2/c1-8(21)11-6-9(2-3-12(11)18)22-16-13(19)7-14-10(15(16)17)4-5-20-14/h2-7,20H,1H3. The summed E-state index contributed by atoms with van der Waals surface area (Å²) in [6.45, 7) is 1.25. The maximum absolute atomic E-state index is 14.2. The molecule has 0 radical (unpaired) electrons. The number of halogens is 3. The highest BCUT2D eigenvalue weighted by Gasteiger charge is 2.16. The molecule has 0 bridgehead atoms. The van der Waals surface area contributed by atoms with Gasteiger partial charge in [-0.05, 0) is 47.1 Å². The van der Waals surface area contributed by atoms with Crippen molar-refractivity contribution in [2.45, 2.75) is 6.92 Å². The zero-order valence-corrected chi connectivity index (χ0v) is 13.0. The lowest BCUT2D eigenvalue weighted by molar-refractivity contribution is 0.101. The van der Waals surface area contributed by atoms with Crippen LogP contribution < -0.4 is 4.74 Å². The Morgan fingerprint density at radius 3 is 2.68 bits per heavy atom. The Labute approximate surface area is 133 Å². The van der Waals surface area contributed by atoms with Crippen molar-refractivity contribution in [1.29, 1.82) is 0 Å². The lowest BCUT2D eigenvalue weighted by Gasteiger charge is -2.11. The number of fused-ring (bicyclic) bond motifs is 1. The van der Waals surface area contributed by atoms with Gasteiger partial charge in [0, 0.05) is 23.2 Å². The Morgan fingerprint density at radius 2 is 1.95 bits per heavy atom. The second kappa shape index (κ2) is 5.53. The van der Waals surface area contributed by atoms with E-state index in [9.17, 15) is 13.6 Å². The van der Waals surface area contributed by atoms with Crippen LogP contribution in [0.15, 0.2) is 41.0 Å². The quantitative estimate of drug-likeness (QED) is 0.647. The predicted molar refractivity (Wildman–Crippen MR) is 82.4 cm³/mol. The summed E-state index contributed by atoms with van der Waals surface area (Å²) in [5.74, 6) is -1.48. The first-order valence-electron chi connectivity index (χ1n) is 6.41. The van der Waals surface area contributed by atoms with Crippen LogP contribution in [0, 0.1) is 11.6 Å².